The van der Waals surface area contributed by atoms with Gasteiger partial charge in [-0.05, 0) is 127 Å². The molecule has 1 aliphatic rings. The van der Waals surface area contributed by atoms with Gasteiger partial charge >= 0.3 is 6.09 Å². The zero-order valence-corrected chi connectivity index (χ0v) is 29.7. The normalized spacial score (nSPS) is 16.3. The molecule has 0 spiro atoms. The summed E-state index contributed by atoms with van der Waals surface area (Å²) < 4.78 is 10.9. The molecule has 0 aliphatic heterocycles. The molecule has 1 heterocycles. The van der Waals surface area contributed by atoms with Crippen molar-refractivity contribution in [1.29, 1.82) is 0 Å². The number of benzene rings is 2. The Bertz CT molecular complexity index is 1630. The van der Waals surface area contributed by atoms with Gasteiger partial charge in [-0.15, -0.1) is 0 Å². The second-order valence-electron chi connectivity index (χ2n) is 13.7. The SMILES string of the molecule is CCN(c1cc(-c2ccc(OCCOC)cc2)cc(C(=O)NCc2c(C)cc(C)[nH]c2=O)c1C)[C@H]1CC[C@H](N(C(=O)O)C(C)(C)C)CC1. The third kappa shape index (κ3) is 8.58. The number of carbonyl (C=O) groups excluding carboxylic acids is 1. The Hall–Kier alpha value is -4.31. The van der Waals surface area contributed by atoms with E-state index in [1.165, 1.54) is 0 Å². The van der Waals surface area contributed by atoms with E-state index in [0.29, 0.717) is 24.3 Å². The van der Waals surface area contributed by atoms with E-state index in [0.717, 1.165) is 71.6 Å². The van der Waals surface area contributed by atoms with Crippen molar-refractivity contribution < 1.29 is 24.2 Å². The van der Waals surface area contributed by atoms with Gasteiger partial charge in [0.15, 0.2) is 0 Å². The van der Waals surface area contributed by atoms with Crippen molar-refractivity contribution in [3.8, 4) is 16.9 Å². The van der Waals surface area contributed by atoms with Crippen LogP contribution in [0.25, 0.3) is 11.1 Å². The van der Waals surface area contributed by atoms with Gasteiger partial charge in [-0.25, -0.2) is 4.79 Å². The Kier molecular flexibility index (Phi) is 12.0. The molecule has 10 nitrogen and oxygen atoms in total. The summed E-state index contributed by atoms with van der Waals surface area (Å²) in [5.41, 5.74) is 5.67. The minimum absolute atomic E-state index is 0.0378. The first kappa shape index (κ1) is 36.5. The van der Waals surface area contributed by atoms with Crippen LogP contribution in [0.15, 0.2) is 47.3 Å². The molecule has 0 saturated heterocycles. The first-order valence-electron chi connectivity index (χ1n) is 16.9. The van der Waals surface area contributed by atoms with Gasteiger partial charge < -0.3 is 34.7 Å². The van der Waals surface area contributed by atoms with Crippen molar-refractivity contribution in [2.24, 2.45) is 0 Å². The van der Waals surface area contributed by atoms with Crippen molar-refractivity contribution in [1.82, 2.24) is 15.2 Å². The Morgan fingerprint density at radius 1 is 0.958 bits per heavy atom. The lowest BCUT2D eigenvalue weighted by Gasteiger charge is -2.45. The maximum absolute atomic E-state index is 13.9. The fraction of sp³-hybridized carbons (Fsp3) is 0.500. The zero-order chi connectivity index (χ0) is 35.2. The summed E-state index contributed by atoms with van der Waals surface area (Å²) in [6, 6.07) is 13.9. The van der Waals surface area contributed by atoms with E-state index in [4.69, 9.17) is 9.47 Å². The number of H-pyrrole nitrogens is 1. The van der Waals surface area contributed by atoms with E-state index in [-0.39, 0.29) is 30.1 Å². The van der Waals surface area contributed by atoms with Gasteiger partial charge in [-0.1, -0.05) is 12.1 Å². The number of pyridine rings is 1. The van der Waals surface area contributed by atoms with Crippen molar-refractivity contribution in [2.75, 3.05) is 31.8 Å². The number of nitrogens with zero attached hydrogens (tertiary/aromatic N) is 2. The molecule has 3 aromatic rings. The van der Waals surface area contributed by atoms with Crippen LogP contribution in [-0.4, -0.2) is 71.5 Å². The summed E-state index contributed by atoms with van der Waals surface area (Å²) in [5, 5.41) is 13.0. The number of aromatic nitrogens is 1. The number of hydrogen-bond acceptors (Lipinski definition) is 6. The average Bonchev–Trinajstić information content (AvgIpc) is 3.02. The second-order valence-corrected chi connectivity index (χ2v) is 13.7. The van der Waals surface area contributed by atoms with E-state index in [2.05, 4.69) is 28.2 Å². The third-order valence-electron chi connectivity index (χ3n) is 9.34. The fourth-order valence-electron chi connectivity index (χ4n) is 7.00. The number of amides is 2. The van der Waals surface area contributed by atoms with Crippen molar-refractivity contribution in [3.63, 3.8) is 0 Å². The van der Waals surface area contributed by atoms with E-state index < -0.39 is 11.6 Å². The molecule has 2 amide bonds. The summed E-state index contributed by atoms with van der Waals surface area (Å²) in [7, 11) is 1.64. The molecule has 0 unspecified atom stereocenters. The number of carbonyl (C=O) groups is 2. The topological polar surface area (TPSA) is 124 Å². The van der Waals surface area contributed by atoms with Crippen LogP contribution in [0, 0.1) is 20.8 Å². The molecule has 1 fully saturated rings. The number of methoxy groups -OCH3 is 1. The summed E-state index contributed by atoms with van der Waals surface area (Å²) in [6.07, 6.45) is 2.34. The number of aryl methyl sites for hydroxylation is 2. The van der Waals surface area contributed by atoms with Crippen LogP contribution in [0.5, 0.6) is 5.75 Å². The number of rotatable bonds is 12. The molecule has 260 valence electrons. The number of carboxylic acid groups (broad SMARTS) is 1. The van der Waals surface area contributed by atoms with E-state index >= 15 is 0 Å². The number of hydrogen-bond donors (Lipinski definition) is 3. The number of nitrogens with one attached hydrogen (secondary N) is 2. The van der Waals surface area contributed by atoms with Crippen LogP contribution in [0.1, 0.15) is 86.1 Å². The molecule has 3 N–H and O–H groups in total. The van der Waals surface area contributed by atoms with Crippen molar-refractivity contribution >= 4 is 17.7 Å². The Labute approximate surface area is 284 Å². The summed E-state index contributed by atoms with van der Waals surface area (Å²) in [6.45, 7) is 15.4. The van der Waals surface area contributed by atoms with Gasteiger partial charge in [0.2, 0.25) is 0 Å². The van der Waals surface area contributed by atoms with E-state index in [1.807, 2.05) is 77.9 Å². The van der Waals surface area contributed by atoms with Crippen LogP contribution in [-0.2, 0) is 11.3 Å². The predicted molar refractivity (Wildman–Crippen MR) is 190 cm³/mol. The Morgan fingerprint density at radius 3 is 2.17 bits per heavy atom. The van der Waals surface area contributed by atoms with Gasteiger partial charge in [-0.2, -0.15) is 0 Å². The molecule has 0 bridgehead atoms. The maximum atomic E-state index is 13.9. The molecule has 10 heteroatoms. The molecule has 0 radical (unpaired) electrons. The Balaban J connectivity index is 1.68. The van der Waals surface area contributed by atoms with Crippen LogP contribution in [0.2, 0.25) is 0 Å². The lowest BCUT2D eigenvalue weighted by molar-refractivity contribution is 0.0545. The van der Waals surface area contributed by atoms with Gasteiger partial charge in [0.25, 0.3) is 11.5 Å². The molecule has 1 aromatic heterocycles. The minimum Gasteiger partial charge on any atom is -0.491 e. The number of aromatic amines is 1. The quantitative estimate of drug-likeness (QED) is 0.182. The lowest BCUT2D eigenvalue weighted by Crippen LogP contribution is -2.53. The Morgan fingerprint density at radius 2 is 1.60 bits per heavy atom. The average molecular weight is 661 g/mol. The largest absolute Gasteiger partial charge is 0.491 e. The first-order chi connectivity index (χ1) is 22.7. The zero-order valence-electron chi connectivity index (χ0n) is 29.7. The van der Waals surface area contributed by atoms with Crippen LogP contribution in [0.4, 0.5) is 10.5 Å². The number of anilines is 1. The van der Waals surface area contributed by atoms with Gasteiger partial charge in [0.05, 0.1) is 6.61 Å². The van der Waals surface area contributed by atoms with Crippen molar-refractivity contribution in [3.05, 3.63) is 80.8 Å². The predicted octanol–water partition coefficient (Wildman–Crippen LogP) is 6.84. The molecule has 1 aliphatic carbocycles. The van der Waals surface area contributed by atoms with E-state index in [1.54, 1.807) is 12.0 Å². The third-order valence-corrected chi connectivity index (χ3v) is 9.34. The molecule has 1 saturated carbocycles. The van der Waals surface area contributed by atoms with Crippen LogP contribution >= 0.6 is 0 Å². The highest BCUT2D eigenvalue weighted by Crippen LogP contribution is 2.37. The lowest BCUT2D eigenvalue weighted by atomic mass is 9.86. The molecule has 0 atom stereocenters. The highest BCUT2D eigenvalue weighted by molar-refractivity contribution is 5.99. The molecule has 2 aromatic carbocycles. The maximum Gasteiger partial charge on any atom is 0.407 e. The highest BCUT2D eigenvalue weighted by atomic mass is 16.5. The number of ether oxygens (including phenoxy) is 2. The van der Waals surface area contributed by atoms with Gasteiger partial charge in [-0.3, -0.25) is 9.59 Å². The first-order valence-corrected chi connectivity index (χ1v) is 16.9. The molecular weight excluding hydrogens is 608 g/mol. The molecule has 48 heavy (non-hydrogen) atoms. The van der Waals surface area contributed by atoms with Crippen molar-refractivity contribution in [2.45, 2.75) is 98.3 Å². The smallest absolute Gasteiger partial charge is 0.407 e. The fourth-order valence-corrected chi connectivity index (χ4v) is 7.00. The summed E-state index contributed by atoms with van der Waals surface area (Å²) >= 11 is 0. The van der Waals surface area contributed by atoms with Crippen LogP contribution in [0.3, 0.4) is 0 Å². The highest BCUT2D eigenvalue weighted by Gasteiger charge is 2.37. The monoisotopic (exact) mass is 660 g/mol. The van der Waals surface area contributed by atoms with Gasteiger partial charge in [0, 0.05) is 60.3 Å². The molecular formula is C38H52N4O6. The standard InChI is InChI=1S/C38H52N4O6/c1-9-41(29-12-14-30(15-13-29)42(37(45)46)38(5,6)7)34-22-28(27-10-16-31(17-11-27)48-19-18-47-8)21-32(26(34)4)35(43)39-23-33-24(2)20-25(3)40-36(33)44/h10-11,16-17,20-22,29-30H,9,12-15,18-19,23H2,1-8H3,(H,39,43)(H,40,44)(H,45,46)/t29-,30-. The molecule has 4 rings (SSSR count). The summed E-state index contributed by atoms with van der Waals surface area (Å²) in [5.74, 6) is 0.480. The van der Waals surface area contributed by atoms with Gasteiger partial charge in [0.1, 0.15) is 12.4 Å². The summed E-state index contributed by atoms with van der Waals surface area (Å²) in [4.78, 5) is 45.6. The van der Waals surface area contributed by atoms with E-state index in [9.17, 15) is 19.5 Å². The second kappa shape index (κ2) is 15.7. The minimum atomic E-state index is -0.879. The van der Waals surface area contributed by atoms with Crippen LogP contribution < -0.4 is 20.5 Å².